The summed E-state index contributed by atoms with van der Waals surface area (Å²) in [7, 11) is 0. The highest BCUT2D eigenvalue weighted by Crippen LogP contribution is 2.21. The third-order valence-electron chi connectivity index (χ3n) is 2.42. The predicted molar refractivity (Wildman–Crippen MR) is 44.8 cm³/mol. The number of rotatable bonds is 0. The first kappa shape index (κ1) is 8.81. The lowest BCUT2D eigenvalue weighted by molar-refractivity contribution is -0.119. The van der Waals surface area contributed by atoms with Crippen molar-refractivity contribution in [2.45, 2.75) is 18.9 Å². The Morgan fingerprint density at radius 3 is 3.00 bits per heavy atom. The lowest BCUT2D eigenvalue weighted by atomic mass is 9.94. The first-order chi connectivity index (χ1) is 4.86. The third kappa shape index (κ3) is 1.65. The van der Waals surface area contributed by atoms with Gasteiger partial charge in [-0.25, -0.2) is 0 Å². The second-order valence-electron chi connectivity index (χ2n) is 3.13. The van der Waals surface area contributed by atoms with Crippen LogP contribution in [0.5, 0.6) is 0 Å². The Morgan fingerprint density at radius 1 is 1.45 bits per heavy atom. The minimum Gasteiger partial charge on any atom is -0.352 e. The molecule has 2 N–H and O–H groups in total. The largest absolute Gasteiger partial charge is 0.352 e. The number of piperidine rings is 1. The van der Waals surface area contributed by atoms with E-state index in [0.29, 0.717) is 12.0 Å². The molecule has 0 saturated carbocycles. The highest BCUT2D eigenvalue weighted by Gasteiger charge is 2.33. The summed E-state index contributed by atoms with van der Waals surface area (Å²) in [6.07, 6.45) is 1.91. The van der Waals surface area contributed by atoms with Gasteiger partial charge in [0.25, 0.3) is 0 Å². The van der Waals surface area contributed by atoms with Gasteiger partial charge in [0.2, 0.25) is 5.91 Å². The maximum atomic E-state index is 10.9. The Labute approximate surface area is 72.3 Å². The first-order valence-electron chi connectivity index (χ1n) is 3.86. The fourth-order valence-corrected chi connectivity index (χ4v) is 1.83. The fraction of sp³-hybridized carbons (Fsp3) is 0.857. The minimum absolute atomic E-state index is 0. The van der Waals surface area contributed by atoms with Gasteiger partial charge in [-0.3, -0.25) is 4.79 Å². The maximum absolute atomic E-state index is 10.9. The van der Waals surface area contributed by atoms with Gasteiger partial charge < -0.3 is 10.6 Å². The van der Waals surface area contributed by atoms with E-state index < -0.39 is 0 Å². The summed E-state index contributed by atoms with van der Waals surface area (Å²) in [5.41, 5.74) is 0. The predicted octanol–water partition coefficient (Wildman–Crippen LogP) is -0.0938. The van der Waals surface area contributed by atoms with Crippen LogP contribution in [0.3, 0.4) is 0 Å². The van der Waals surface area contributed by atoms with E-state index in [1.54, 1.807) is 0 Å². The molecule has 2 aliphatic heterocycles. The molecule has 2 atom stereocenters. The normalized spacial score (nSPS) is 35.5. The maximum Gasteiger partial charge on any atom is 0.220 e. The Balaban J connectivity index is 0.000000605. The molecule has 0 aromatic rings. The number of hydrogen-bond donors (Lipinski definition) is 2. The van der Waals surface area contributed by atoms with Gasteiger partial charge in [0.1, 0.15) is 0 Å². The zero-order valence-corrected chi connectivity index (χ0v) is 7.12. The van der Waals surface area contributed by atoms with Crippen LogP contribution in [0.2, 0.25) is 0 Å². The Hall–Kier alpha value is -0.280. The topological polar surface area (TPSA) is 41.1 Å². The molecule has 0 aliphatic carbocycles. The van der Waals surface area contributed by atoms with Crippen molar-refractivity contribution < 1.29 is 4.79 Å². The van der Waals surface area contributed by atoms with Crippen LogP contribution in [0.25, 0.3) is 0 Å². The number of halogens is 1. The van der Waals surface area contributed by atoms with Crippen molar-refractivity contribution in [1.29, 1.82) is 0 Å². The Bertz CT molecular complexity index is 147. The van der Waals surface area contributed by atoms with Gasteiger partial charge in [0, 0.05) is 19.0 Å². The van der Waals surface area contributed by atoms with Gasteiger partial charge in [-0.15, -0.1) is 12.4 Å². The number of carbonyl (C=O) groups is 1. The van der Waals surface area contributed by atoms with Crippen molar-refractivity contribution in [3.63, 3.8) is 0 Å². The summed E-state index contributed by atoms with van der Waals surface area (Å²) < 4.78 is 0. The summed E-state index contributed by atoms with van der Waals surface area (Å²) in [6, 6.07) is 0.432. The van der Waals surface area contributed by atoms with Crippen molar-refractivity contribution in [3.8, 4) is 0 Å². The minimum atomic E-state index is 0. The van der Waals surface area contributed by atoms with E-state index in [1.807, 2.05) is 0 Å². The molecule has 4 heteroatoms. The molecule has 11 heavy (non-hydrogen) atoms. The molecule has 0 bridgehead atoms. The van der Waals surface area contributed by atoms with Gasteiger partial charge >= 0.3 is 0 Å². The molecule has 2 heterocycles. The monoisotopic (exact) mass is 176 g/mol. The molecular formula is C7H13ClN2O. The Morgan fingerprint density at radius 2 is 2.27 bits per heavy atom. The standard InChI is InChI=1S/C7H12N2O.ClH/c10-7-3-5-1-2-8-4-6(5)9-7;/h5-6,8H,1-4H2,(H,9,10);1H/t5-,6+;/m1./s1. The van der Waals surface area contributed by atoms with Crippen molar-refractivity contribution in [3.05, 3.63) is 0 Å². The van der Waals surface area contributed by atoms with Crippen LogP contribution >= 0.6 is 12.4 Å². The zero-order valence-electron chi connectivity index (χ0n) is 6.30. The molecule has 2 fully saturated rings. The van der Waals surface area contributed by atoms with Crippen molar-refractivity contribution in [1.82, 2.24) is 10.6 Å². The van der Waals surface area contributed by atoms with Crippen LogP contribution in [-0.4, -0.2) is 25.0 Å². The summed E-state index contributed by atoms with van der Waals surface area (Å²) in [5.74, 6) is 0.854. The van der Waals surface area contributed by atoms with Gasteiger partial charge in [0.15, 0.2) is 0 Å². The molecule has 0 unspecified atom stereocenters. The van der Waals surface area contributed by atoms with E-state index in [4.69, 9.17) is 0 Å². The molecule has 0 radical (unpaired) electrons. The SMILES string of the molecule is Cl.O=C1C[C@H]2CCNC[C@@H]2N1. The van der Waals surface area contributed by atoms with Crippen LogP contribution in [0.1, 0.15) is 12.8 Å². The Kier molecular flexibility index (Phi) is 2.73. The van der Waals surface area contributed by atoms with Crippen molar-refractivity contribution in [2.75, 3.05) is 13.1 Å². The molecule has 64 valence electrons. The summed E-state index contributed by atoms with van der Waals surface area (Å²) in [4.78, 5) is 10.9. The quantitative estimate of drug-likeness (QED) is 0.542. The van der Waals surface area contributed by atoms with E-state index in [-0.39, 0.29) is 18.3 Å². The number of fused-ring (bicyclic) bond motifs is 1. The lowest BCUT2D eigenvalue weighted by Crippen LogP contribution is -2.44. The van der Waals surface area contributed by atoms with Crippen LogP contribution in [-0.2, 0) is 4.79 Å². The summed E-state index contributed by atoms with van der Waals surface area (Å²) in [5, 5.41) is 6.22. The number of hydrogen-bond acceptors (Lipinski definition) is 2. The van der Waals surface area contributed by atoms with Crippen molar-refractivity contribution >= 4 is 18.3 Å². The van der Waals surface area contributed by atoms with Crippen LogP contribution in [0, 0.1) is 5.92 Å². The molecular weight excluding hydrogens is 164 g/mol. The van der Waals surface area contributed by atoms with Gasteiger partial charge in [0.05, 0.1) is 0 Å². The molecule has 0 spiro atoms. The lowest BCUT2D eigenvalue weighted by Gasteiger charge is -2.24. The molecule has 3 nitrogen and oxygen atoms in total. The third-order valence-corrected chi connectivity index (χ3v) is 2.42. The average Bonchev–Trinajstić information content (AvgIpc) is 2.27. The summed E-state index contributed by atoms with van der Waals surface area (Å²) in [6.45, 7) is 2.05. The second-order valence-corrected chi connectivity index (χ2v) is 3.13. The highest BCUT2D eigenvalue weighted by atomic mass is 35.5. The van der Waals surface area contributed by atoms with E-state index in [0.717, 1.165) is 25.9 Å². The van der Waals surface area contributed by atoms with Gasteiger partial charge in [-0.1, -0.05) is 0 Å². The van der Waals surface area contributed by atoms with Crippen molar-refractivity contribution in [2.24, 2.45) is 5.92 Å². The molecule has 2 aliphatic rings. The van der Waals surface area contributed by atoms with Crippen LogP contribution in [0.15, 0.2) is 0 Å². The second kappa shape index (κ2) is 3.41. The van der Waals surface area contributed by atoms with E-state index in [2.05, 4.69) is 10.6 Å². The van der Waals surface area contributed by atoms with E-state index in [9.17, 15) is 4.79 Å². The molecule has 1 amide bonds. The molecule has 2 rings (SSSR count). The highest BCUT2D eigenvalue weighted by molar-refractivity contribution is 5.85. The smallest absolute Gasteiger partial charge is 0.220 e. The zero-order chi connectivity index (χ0) is 6.97. The van der Waals surface area contributed by atoms with E-state index >= 15 is 0 Å². The average molecular weight is 177 g/mol. The molecule has 0 aromatic heterocycles. The molecule has 0 aromatic carbocycles. The van der Waals surface area contributed by atoms with E-state index in [1.165, 1.54) is 0 Å². The fourth-order valence-electron chi connectivity index (χ4n) is 1.83. The number of amides is 1. The first-order valence-corrected chi connectivity index (χ1v) is 3.86. The summed E-state index contributed by atoms with van der Waals surface area (Å²) >= 11 is 0. The van der Waals surface area contributed by atoms with Crippen LogP contribution in [0.4, 0.5) is 0 Å². The number of nitrogens with one attached hydrogen (secondary N) is 2. The van der Waals surface area contributed by atoms with Gasteiger partial charge in [-0.05, 0) is 18.9 Å². The van der Waals surface area contributed by atoms with Crippen LogP contribution < -0.4 is 10.6 Å². The van der Waals surface area contributed by atoms with Gasteiger partial charge in [-0.2, -0.15) is 0 Å². The number of carbonyl (C=O) groups excluding carboxylic acids is 1. The molecule has 2 saturated heterocycles.